The number of aromatic nitrogens is 2. The predicted molar refractivity (Wildman–Crippen MR) is 109 cm³/mol. The number of allylic oxidation sites excluding steroid dienone is 1. The summed E-state index contributed by atoms with van der Waals surface area (Å²) < 4.78 is 5.58. The number of carbonyl (C=O) groups excluding carboxylic acids is 1. The normalized spacial score (nSPS) is 21.3. The lowest BCUT2D eigenvalue weighted by molar-refractivity contribution is -0.116. The van der Waals surface area contributed by atoms with E-state index in [0.29, 0.717) is 12.4 Å². The van der Waals surface area contributed by atoms with Crippen molar-refractivity contribution in [3.8, 4) is 0 Å². The van der Waals surface area contributed by atoms with Crippen molar-refractivity contribution in [2.24, 2.45) is 0 Å². The van der Waals surface area contributed by atoms with Gasteiger partial charge in [0, 0.05) is 35.0 Å². The minimum absolute atomic E-state index is 0.0419. The molecular formula is C23H22N4O2. The lowest BCUT2D eigenvalue weighted by atomic mass is 9.81. The molecule has 0 amide bonds. The molecular weight excluding hydrogens is 364 g/mol. The fraction of sp³-hybridized carbons (Fsp3) is 0.261. The first kappa shape index (κ1) is 17.7. The molecule has 1 N–H and O–H groups in total. The van der Waals surface area contributed by atoms with Crippen LogP contribution in [-0.4, -0.2) is 15.8 Å². The van der Waals surface area contributed by atoms with E-state index in [1.54, 1.807) is 6.26 Å². The Balaban J connectivity index is 1.59. The summed E-state index contributed by atoms with van der Waals surface area (Å²) >= 11 is 0. The Kier molecular flexibility index (Phi) is 4.19. The number of carbonyl (C=O) groups is 1. The van der Waals surface area contributed by atoms with Crippen LogP contribution in [0, 0.1) is 13.8 Å². The van der Waals surface area contributed by atoms with Crippen LogP contribution in [-0.2, 0) is 4.79 Å². The van der Waals surface area contributed by atoms with Crippen molar-refractivity contribution < 1.29 is 9.21 Å². The number of benzene rings is 1. The minimum Gasteiger partial charge on any atom is -0.469 e. The molecule has 0 radical (unpaired) electrons. The van der Waals surface area contributed by atoms with E-state index in [9.17, 15) is 4.79 Å². The van der Waals surface area contributed by atoms with Gasteiger partial charge in [-0.05, 0) is 44.0 Å². The van der Waals surface area contributed by atoms with Crippen LogP contribution in [0.4, 0.5) is 5.95 Å². The number of nitrogens with one attached hydrogen (secondary N) is 1. The first-order chi connectivity index (χ1) is 14.1. The lowest BCUT2D eigenvalue weighted by Gasteiger charge is -2.27. The standard InChI is InChI=1S/C23H22N4O2/c1-14-11-15(2)25-23(24-14)27-22(16-7-4-3-5-8-16)21-18(26-27)12-17(13-19(21)28)20-9-6-10-29-20/h3-11,17,22,26H,12-13H2,1-2H3/t17-,22+/m0/s1. The topological polar surface area (TPSA) is 71.3 Å². The number of rotatable bonds is 3. The molecule has 0 bridgehead atoms. The second-order valence-electron chi connectivity index (χ2n) is 7.68. The third-order valence-corrected chi connectivity index (χ3v) is 5.54. The Morgan fingerprint density at radius 2 is 1.79 bits per heavy atom. The smallest absolute Gasteiger partial charge is 0.245 e. The molecule has 0 saturated heterocycles. The summed E-state index contributed by atoms with van der Waals surface area (Å²) in [6.07, 6.45) is 2.83. The zero-order valence-corrected chi connectivity index (χ0v) is 16.4. The van der Waals surface area contributed by atoms with Crippen molar-refractivity contribution in [3.63, 3.8) is 0 Å². The Morgan fingerprint density at radius 3 is 2.48 bits per heavy atom. The first-order valence-electron chi connectivity index (χ1n) is 9.83. The third-order valence-electron chi connectivity index (χ3n) is 5.54. The number of aryl methyl sites for hydroxylation is 2. The van der Waals surface area contributed by atoms with Crippen molar-refractivity contribution in [2.45, 2.75) is 38.6 Å². The second kappa shape index (κ2) is 6.88. The molecule has 29 heavy (non-hydrogen) atoms. The van der Waals surface area contributed by atoms with Gasteiger partial charge in [-0.15, -0.1) is 0 Å². The number of hydrogen-bond acceptors (Lipinski definition) is 6. The highest BCUT2D eigenvalue weighted by molar-refractivity contribution is 6.00. The highest BCUT2D eigenvalue weighted by atomic mass is 16.3. The molecule has 3 heterocycles. The van der Waals surface area contributed by atoms with Crippen LogP contribution in [0.1, 0.15) is 47.5 Å². The molecule has 6 nitrogen and oxygen atoms in total. The summed E-state index contributed by atoms with van der Waals surface area (Å²) in [6.45, 7) is 3.91. The monoisotopic (exact) mass is 386 g/mol. The van der Waals surface area contributed by atoms with Crippen molar-refractivity contribution >= 4 is 11.7 Å². The second-order valence-corrected chi connectivity index (χ2v) is 7.68. The van der Waals surface area contributed by atoms with E-state index in [4.69, 9.17) is 4.42 Å². The molecule has 146 valence electrons. The van der Waals surface area contributed by atoms with E-state index in [-0.39, 0.29) is 17.7 Å². The quantitative estimate of drug-likeness (QED) is 0.729. The van der Waals surface area contributed by atoms with E-state index in [2.05, 4.69) is 15.4 Å². The van der Waals surface area contributed by atoms with Crippen LogP contribution in [0.3, 0.4) is 0 Å². The highest BCUT2D eigenvalue weighted by Crippen LogP contribution is 2.44. The summed E-state index contributed by atoms with van der Waals surface area (Å²) in [5.41, 5.74) is 8.02. The number of nitrogens with zero attached hydrogens (tertiary/aromatic N) is 3. The molecule has 5 rings (SSSR count). The summed E-state index contributed by atoms with van der Waals surface area (Å²) in [5, 5.41) is 1.93. The number of anilines is 1. The average molecular weight is 386 g/mol. The van der Waals surface area contributed by atoms with Crippen LogP contribution in [0.25, 0.3) is 0 Å². The van der Waals surface area contributed by atoms with Gasteiger partial charge in [0.2, 0.25) is 5.95 Å². The summed E-state index contributed by atoms with van der Waals surface area (Å²) in [4.78, 5) is 22.5. The molecule has 0 spiro atoms. The fourth-order valence-corrected chi connectivity index (χ4v) is 4.35. The maximum Gasteiger partial charge on any atom is 0.245 e. The number of hydrazine groups is 1. The van der Waals surface area contributed by atoms with Crippen LogP contribution >= 0.6 is 0 Å². The zero-order valence-electron chi connectivity index (χ0n) is 16.4. The molecule has 0 unspecified atom stereocenters. The fourth-order valence-electron chi connectivity index (χ4n) is 4.35. The van der Waals surface area contributed by atoms with Gasteiger partial charge in [-0.2, -0.15) is 0 Å². The van der Waals surface area contributed by atoms with E-state index >= 15 is 0 Å². The van der Waals surface area contributed by atoms with Gasteiger partial charge >= 0.3 is 0 Å². The Labute approximate surface area is 169 Å². The Morgan fingerprint density at radius 1 is 1.03 bits per heavy atom. The molecule has 2 atom stereocenters. The number of furan rings is 1. The Bertz CT molecular complexity index is 1070. The van der Waals surface area contributed by atoms with Crippen LogP contribution in [0.5, 0.6) is 0 Å². The van der Waals surface area contributed by atoms with Crippen LogP contribution in [0.15, 0.2) is 70.5 Å². The van der Waals surface area contributed by atoms with Crippen molar-refractivity contribution in [1.82, 2.24) is 15.4 Å². The van der Waals surface area contributed by atoms with Crippen LogP contribution < -0.4 is 10.4 Å². The van der Waals surface area contributed by atoms with Gasteiger partial charge < -0.3 is 4.42 Å². The van der Waals surface area contributed by atoms with Crippen molar-refractivity contribution in [2.75, 3.05) is 5.01 Å². The van der Waals surface area contributed by atoms with Crippen LogP contribution in [0.2, 0.25) is 0 Å². The molecule has 0 fully saturated rings. The van der Waals surface area contributed by atoms with Gasteiger partial charge in [0.15, 0.2) is 5.78 Å². The molecule has 2 aromatic heterocycles. The van der Waals surface area contributed by atoms with E-state index in [0.717, 1.165) is 40.4 Å². The zero-order chi connectivity index (χ0) is 20.0. The number of hydrogen-bond donors (Lipinski definition) is 1. The molecule has 0 saturated carbocycles. The maximum atomic E-state index is 13.3. The Hall–Kier alpha value is -3.41. The molecule has 2 aliphatic rings. The van der Waals surface area contributed by atoms with Gasteiger partial charge in [-0.3, -0.25) is 10.2 Å². The molecule has 1 aliphatic carbocycles. The van der Waals surface area contributed by atoms with E-state index in [1.807, 2.05) is 67.4 Å². The van der Waals surface area contributed by atoms with E-state index in [1.165, 1.54) is 0 Å². The minimum atomic E-state index is -0.252. The number of ketones is 1. The molecule has 1 aliphatic heterocycles. The van der Waals surface area contributed by atoms with Gasteiger partial charge in [0.1, 0.15) is 11.8 Å². The SMILES string of the molecule is Cc1cc(C)nc(N2NC3=C(C(=O)C[C@@H](c4ccco4)C3)[C@H]2c2ccccc2)n1. The van der Waals surface area contributed by atoms with Gasteiger partial charge in [0.05, 0.1) is 6.26 Å². The van der Waals surface area contributed by atoms with E-state index < -0.39 is 0 Å². The largest absolute Gasteiger partial charge is 0.469 e. The summed E-state index contributed by atoms with van der Waals surface area (Å²) in [6, 6.07) is 15.6. The van der Waals surface area contributed by atoms with Gasteiger partial charge in [-0.1, -0.05) is 30.3 Å². The summed E-state index contributed by atoms with van der Waals surface area (Å²) in [5.74, 6) is 1.61. The van der Waals surface area contributed by atoms with Crippen molar-refractivity contribution in [3.05, 3.63) is 88.8 Å². The average Bonchev–Trinajstić information content (AvgIpc) is 3.36. The number of Topliss-reactive ketones (excluding diaryl/α,β-unsaturated/α-hetero) is 1. The lowest BCUT2D eigenvalue weighted by Crippen LogP contribution is -2.36. The maximum absolute atomic E-state index is 13.3. The molecule has 6 heteroatoms. The highest BCUT2D eigenvalue weighted by Gasteiger charge is 2.43. The van der Waals surface area contributed by atoms with Gasteiger partial charge in [-0.25, -0.2) is 15.0 Å². The van der Waals surface area contributed by atoms with Gasteiger partial charge in [0.25, 0.3) is 0 Å². The molecule has 3 aromatic rings. The predicted octanol–water partition coefficient (Wildman–Crippen LogP) is 4.15. The van der Waals surface area contributed by atoms with Crippen molar-refractivity contribution in [1.29, 1.82) is 0 Å². The first-order valence-corrected chi connectivity index (χ1v) is 9.83. The summed E-state index contributed by atoms with van der Waals surface area (Å²) in [7, 11) is 0. The molecule has 1 aromatic carbocycles. The third kappa shape index (κ3) is 3.10.